The molecule has 0 aliphatic heterocycles. The Morgan fingerprint density at radius 2 is 2.00 bits per heavy atom. The van der Waals surface area contributed by atoms with Gasteiger partial charge in [0.25, 0.3) is 0 Å². The third kappa shape index (κ3) is 2.60. The van der Waals surface area contributed by atoms with Gasteiger partial charge in [0.05, 0.1) is 0 Å². The summed E-state index contributed by atoms with van der Waals surface area (Å²) < 4.78 is 0. The van der Waals surface area contributed by atoms with E-state index >= 15 is 0 Å². The van der Waals surface area contributed by atoms with Crippen molar-refractivity contribution in [1.82, 2.24) is 5.32 Å². The predicted octanol–water partition coefficient (Wildman–Crippen LogP) is 0.629. The van der Waals surface area contributed by atoms with E-state index in [0.29, 0.717) is 13.0 Å². The van der Waals surface area contributed by atoms with E-state index in [1.165, 1.54) is 0 Å². The lowest BCUT2D eigenvalue weighted by molar-refractivity contribution is -0.288. The van der Waals surface area contributed by atoms with Crippen LogP contribution in [-0.2, 0) is 11.3 Å². The quantitative estimate of drug-likeness (QED) is 0.663. The van der Waals surface area contributed by atoms with Crippen LogP contribution in [0.4, 0.5) is 0 Å². The fourth-order valence-corrected chi connectivity index (χ4v) is 0.903. The van der Waals surface area contributed by atoms with Crippen molar-refractivity contribution in [3.8, 4) is 0 Å². The van der Waals surface area contributed by atoms with Gasteiger partial charge in [0.15, 0.2) is 11.6 Å². The highest BCUT2D eigenvalue weighted by molar-refractivity contribution is 5.46. The molecule has 0 spiro atoms. The fraction of sp³-hybridized carbons (Fsp3) is 0.125. The monoisotopic (exact) mass is 170 g/mol. The summed E-state index contributed by atoms with van der Waals surface area (Å²) in [5, 5.41) is 3.39. The highest BCUT2D eigenvalue weighted by atomic mass is 35.5. The summed E-state index contributed by atoms with van der Waals surface area (Å²) in [6.45, 7) is 0.569. The van der Waals surface area contributed by atoms with Crippen LogP contribution in [0.2, 0.25) is 5.02 Å². The normalized spacial score (nSPS) is 9.18. The molecular formula is C8H9ClNO+. The van der Waals surface area contributed by atoms with Crippen LogP contribution >= 0.6 is 0 Å². The Kier molecular flexibility index (Phi) is 2.93. The molecule has 1 N–H and O–H groups in total. The van der Waals surface area contributed by atoms with Crippen molar-refractivity contribution in [1.29, 1.82) is 0 Å². The molecule has 3 heteroatoms. The van der Waals surface area contributed by atoms with Gasteiger partial charge in [0.2, 0.25) is 11.4 Å². The Hall–Kier alpha value is -1.02. The van der Waals surface area contributed by atoms with Crippen LogP contribution < -0.4 is 5.32 Å². The Morgan fingerprint density at radius 3 is 2.55 bits per heavy atom. The van der Waals surface area contributed by atoms with E-state index in [1.54, 1.807) is 0 Å². The molecule has 0 aromatic heterocycles. The van der Waals surface area contributed by atoms with Gasteiger partial charge in [-0.1, -0.05) is 12.1 Å². The van der Waals surface area contributed by atoms with Crippen molar-refractivity contribution in [3.05, 3.63) is 34.9 Å². The van der Waals surface area contributed by atoms with Gasteiger partial charge in [-0.25, -0.2) is 0 Å². The van der Waals surface area contributed by atoms with Gasteiger partial charge < -0.3 is 5.32 Å². The molecule has 0 unspecified atom stereocenters. The van der Waals surface area contributed by atoms with Crippen molar-refractivity contribution in [2.24, 2.45) is 0 Å². The first-order chi connectivity index (χ1) is 5.33. The topological polar surface area (TPSA) is 29.1 Å². The molecule has 1 aromatic carbocycles. The van der Waals surface area contributed by atoms with Crippen molar-refractivity contribution in [2.75, 3.05) is 0 Å². The minimum Gasteiger partial charge on any atom is -0.355 e. The maximum atomic E-state index is 9.91. The zero-order valence-electron chi connectivity index (χ0n) is 5.91. The van der Waals surface area contributed by atoms with Gasteiger partial charge in [-0.2, -0.15) is 0 Å². The van der Waals surface area contributed by atoms with E-state index in [1.807, 2.05) is 24.3 Å². The number of nitrogens with one attached hydrogen (secondary N) is 1. The lowest BCUT2D eigenvalue weighted by Crippen LogP contribution is -2.09. The molecular weight excluding hydrogens is 162 g/mol. The van der Waals surface area contributed by atoms with Crippen molar-refractivity contribution < 1.29 is 16.4 Å². The Labute approximate surface area is 70.2 Å². The lowest BCUT2D eigenvalue weighted by Gasteiger charge is -1.96. The summed E-state index contributed by atoms with van der Waals surface area (Å²) in [5.74, 6) is 0. The van der Waals surface area contributed by atoms with E-state index in [0.717, 1.165) is 10.6 Å². The molecule has 0 radical (unpaired) electrons. The van der Waals surface area contributed by atoms with Crippen molar-refractivity contribution in [2.45, 2.75) is 6.54 Å². The number of halogens is 1. The Bertz CT molecular complexity index is 232. The molecule has 0 atom stereocenters. The van der Waals surface area contributed by atoms with Crippen LogP contribution in [0.3, 0.4) is 0 Å². The van der Waals surface area contributed by atoms with Gasteiger partial charge in [-0.3, -0.25) is 4.79 Å². The summed E-state index contributed by atoms with van der Waals surface area (Å²) in [4.78, 5) is 9.91. The molecule has 11 heavy (non-hydrogen) atoms. The second-order valence-electron chi connectivity index (χ2n) is 2.14. The Balaban J connectivity index is 2.58. The first kappa shape index (κ1) is 8.08. The maximum absolute atomic E-state index is 9.91. The van der Waals surface area contributed by atoms with E-state index < -0.39 is 0 Å². The van der Waals surface area contributed by atoms with E-state index in [2.05, 4.69) is 5.32 Å². The molecule has 58 valence electrons. The second-order valence-corrected chi connectivity index (χ2v) is 2.61. The van der Waals surface area contributed by atoms with E-state index in [-0.39, 0.29) is 0 Å². The molecule has 0 saturated heterocycles. The molecule has 2 nitrogen and oxygen atoms in total. The number of hydrogen-bond acceptors (Lipinski definition) is 1. The SMILES string of the molecule is O=CNCc1ccc([ClH+])cc1. The van der Waals surface area contributed by atoms with Crippen molar-refractivity contribution in [3.63, 3.8) is 0 Å². The molecule has 1 aromatic rings. The highest BCUT2D eigenvalue weighted by Gasteiger charge is 1.94. The number of amides is 1. The molecule has 0 saturated carbocycles. The predicted molar refractivity (Wildman–Crippen MR) is 39.9 cm³/mol. The molecule has 0 aliphatic rings. The maximum Gasteiger partial charge on any atom is 0.225 e. The molecule has 0 heterocycles. The highest BCUT2D eigenvalue weighted by Crippen LogP contribution is 2.03. The fourth-order valence-electron chi connectivity index (χ4n) is 0.767. The van der Waals surface area contributed by atoms with Gasteiger partial charge in [-0.15, -0.1) is 0 Å². The number of benzene rings is 1. The molecule has 0 aliphatic carbocycles. The average Bonchev–Trinajstić information content (AvgIpc) is 2.04. The number of carbonyl (C=O) groups is 1. The van der Waals surface area contributed by atoms with Gasteiger partial charge in [-0.05, 0) is 5.56 Å². The van der Waals surface area contributed by atoms with Crippen LogP contribution in [0.15, 0.2) is 24.3 Å². The first-order valence-corrected chi connectivity index (χ1v) is 3.67. The Morgan fingerprint density at radius 1 is 1.36 bits per heavy atom. The standard InChI is InChI=1S/C8H8ClNO/c9-8-3-1-7(2-4-8)5-10-6-11/h1-4,6,9H,5H2/p+1. The van der Waals surface area contributed by atoms with Gasteiger partial charge in [0.1, 0.15) is 0 Å². The van der Waals surface area contributed by atoms with Crippen LogP contribution in [0.5, 0.6) is 0 Å². The minimum atomic E-state index is 0.569. The number of rotatable bonds is 3. The summed E-state index contributed by atoms with van der Waals surface area (Å²) in [6.07, 6.45) is 0.682. The summed E-state index contributed by atoms with van der Waals surface area (Å²) in [5.41, 5.74) is 1.06. The second kappa shape index (κ2) is 3.98. The first-order valence-electron chi connectivity index (χ1n) is 3.26. The average molecular weight is 171 g/mol. The van der Waals surface area contributed by atoms with Crippen LogP contribution in [0.1, 0.15) is 5.56 Å². The molecule has 1 rings (SSSR count). The molecule has 0 bridgehead atoms. The summed E-state index contributed by atoms with van der Waals surface area (Å²) >= 11 is 4.89. The van der Waals surface area contributed by atoms with Crippen LogP contribution in [0, 0.1) is 11.6 Å². The van der Waals surface area contributed by atoms with E-state index in [4.69, 9.17) is 11.6 Å². The van der Waals surface area contributed by atoms with Crippen molar-refractivity contribution >= 4 is 6.41 Å². The number of hydrogen-bond donors (Lipinski definition) is 1. The molecule has 0 fully saturated rings. The zero-order chi connectivity index (χ0) is 8.10. The number of carbonyl (C=O) groups excluding carboxylic acids is 1. The summed E-state index contributed by atoms with van der Waals surface area (Å²) in [7, 11) is 0. The van der Waals surface area contributed by atoms with Gasteiger partial charge >= 0.3 is 0 Å². The zero-order valence-corrected chi connectivity index (χ0v) is 6.73. The largest absolute Gasteiger partial charge is 0.355 e. The smallest absolute Gasteiger partial charge is 0.225 e. The minimum absolute atomic E-state index is 0.569. The lowest BCUT2D eigenvalue weighted by atomic mass is 10.2. The molecule has 1 amide bonds. The third-order valence-corrected chi connectivity index (χ3v) is 1.59. The van der Waals surface area contributed by atoms with Crippen LogP contribution in [0.25, 0.3) is 0 Å². The summed E-state index contributed by atoms with van der Waals surface area (Å²) in [6, 6.07) is 7.49. The van der Waals surface area contributed by atoms with Crippen LogP contribution in [-0.4, -0.2) is 6.41 Å². The van der Waals surface area contributed by atoms with Gasteiger partial charge in [0, 0.05) is 18.7 Å². The van der Waals surface area contributed by atoms with E-state index in [9.17, 15) is 4.79 Å². The third-order valence-electron chi connectivity index (χ3n) is 1.31.